The number of thiophene rings is 2. The third-order valence-corrected chi connectivity index (χ3v) is 11.5. The molecule has 0 bridgehead atoms. The van der Waals surface area contributed by atoms with Crippen molar-refractivity contribution in [2.45, 2.75) is 97.3 Å². The molecule has 1 aromatic carbocycles. The Bertz CT molecular complexity index is 1260. The Morgan fingerprint density at radius 1 is 0.806 bits per heavy atom. The highest BCUT2D eigenvalue weighted by atomic mass is 32.1. The summed E-state index contributed by atoms with van der Waals surface area (Å²) < 4.78 is 9.20. The molecule has 0 saturated carbocycles. The van der Waals surface area contributed by atoms with Crippen LogP contribution in [0.25, 0.3) is 32.6 Å². The van der Waals surface area contributed by atoms with E-state index in [9.17, 15) is 0 Å². The molecule has 1 aliphatic rings. The number of hydrogen-bond donors (Lipinski definition) is 0. The highest BCUT2D eigenvalue weighted by Gasteiger charge is 2.48. The number of rotatable bonds is 13. The maximum atomic E-state index is 4.68. The van der Waals surface area contributed by atoms with Crippen molar-refractivity contribution in [1.82, 2.24) is 8.75 Å². The maximum Gasteiger partial charge on any atom is 0.113 e. The van der Waals surface area contributed by atoms with Crippen molar-refractivity contribution in [3.05, 3.63) is 45.5 Å². The molecular formula is C31H40N2S3. The van der Waals surface area contributed by atoms with Gasteiger partial charge in [-0.3, -0.25) is 0 Å². The summed E-state index contributed by atoms with van der Waals surface area (Å²) in [6.07, 6.45) is 13.2. The molecule has 3 aromatic heterocycles. The molecule has 0 aliphatic heterocycles. The minimum atomic E-state index is 0.165. The summed E-state index contributed by atoms with van der Waals surface area (Å²) in [5.74, 6) is 1.57. The molecule has 2 unspecified atom stereocenters. The fourth-order valence-corrected chi connectivity index (χ4v) is 9.57. The van der Waals surface area contributed by atoms with Gasteiger partial charge in [0, 0.05) is 25.6 Å². The molecule has 5 rings (SSSR count). The number of benzene rings is 1. The van der Waals surface area contributed by atoms with Gasteiger partial charge in [-0.2, -0.15) is 8.75 Å². The van der Waals surface area contributed by atoms with E-state index in [-0.39, 0.29) is 5.41 Å². The van der Waals surface area contributed by atoms with Crippen LogP contribution >= 0.6 is 34.4 Å². The van der Waals surface area contributed by atoms with Gasteiger partial charge in [0.2, 0.25) is 0 Å². The van der Waals surface area contributed by atoms with E-state index in [0.29, 0.717) is 0 Å². The molecule has 2 atom stereocenters. The minimum absolute atomic E-state index is 0.165. The summed E-state index contributed by atoms with van der Waals surface area (Å²) in [4.78, 5) is 4.67. The SMILES string of the molecule is CCCCC(CC)CC1(CC(CC)CCCC)c2sccc2-c2cc(-c3cccc4nsnc34)sc21. The molecule has 192 valence electrons. The fraction of sp³-hybridized carbons (Fsp3) is 0.548. The van der Waals surface area contributed by atoms with Gasteiger partial charge in [-0.05, 0) is 59.4 Å². The first-order valence-corrected chi connectivity index (χ1v) is 16.5. The molecular weight excluding hydrogens is 497 g/mol. The van der Waals surface area contributed by atoms with Crippen LogP contribution < -0.4 is 0 Å². The molecule has 0 fully saturated rings. The summed E-state index contributed by atoms with van der Waals surface area (Å²) in [6, 6.07) is 11.4. The normalized spacial score (nSPS) is 18.4. The molecule has 0 radical (unpaired) electrons. The number of nitrogens with zero attached hydrogens (tertiary/aromatic N) is 2. The number of unbranched alkanes of at least 4 members (excludes halogenated alkanes) is 2. The highest BCUT2D eigenvalue weighted by Crippen LogP contribution is 2.61. The summed E-state index contributed by atoms with van der Waals surface area (Å²) in [5.41, 5.74) is 6.51. The third-order valence-electron chi connectivity index (χ3n) is 8.47. The zero-order valence-electron chi connectivity index (χ0n) is 22.3. The van der Waals surface area contributed by atoms with Crippen molar-refractivity contribution < 1.29 is 0 Å². The van der Waals surface area contributed by atoms with Crippen molar-refractivity contribution in [1.29, 1.82) is 0 Å². The van der Waals surface area contributed by atoms with Gasteiger partial charge in [0.15, 0.2) is 0 Å². The molecule has 0 saturated heterocycles. The number of hydrogen-bond acceptors (Lipinski definition) is 5. The van der Waals surface area contributed by atoms with E-state index < -0.39 is 0 Å². The van der Waals surface area contributed by atoms with Crippen LogP contribution in [0.3, 0.4) is 0 Å². The zero-order valence-corrected chi connectivity index (χ0v) is 24.8. The van der Waals surface area contributed by atoms with E-state index in [2.05, 4.69) is 83.5 Å². The quantitative estimate of drug-likeness (QED) is 0.170. The third kappa shape index (κ3) is 4.72. The van der Waals surface area contributed by atoms with Crippen molar-refractivity contribution in [2.24, 2.45) is 11.8 Å². The minimum Gasteiger partial charge on any atom is -0.173 e. The van der Waals surface area contributed by atoms with Gasteiger partial charge in [-0.1, -0.05) is 91.2 Å². The van der Waals surface area contributed by atoms with Gasteiger partial charge in [0.05, 0.1) is 11.7 Å². The molecule has 2 nitrogen and oxygen atoms in total. The monoisotopic (exact) mass is 536 g/mol. The van der Waals surface area contributed by atoms with Gasteiger partial charge >= 0.3 is 0 Å². The second kappa shape index (κ2) is 11.4. The first kappa shape index (κ1) is 26.1. The van der Waals surface area contributed by atoms with E-state index >= 15 is 0 Å². The lowest BCUT2D eigenvalue weighted by Crippen LogP contribution is -2.30. The first-order chi connectivity index (χ1) is 17.6. The van der Waals surface area contributed by atoms with Crippen molar-refractivity contribution in [3.8, 4) is 21.6 Å². The average Bonchev–Trinajstić information content (AvgIpc) is 3.68. The number of aromatic nitrogens is 2. The van der Waals surface area contributed by atoms with Crippen LogP contribution in [0.15, 0.2) is 35.7 Å². The second-order valence-corrected chi connectivity index (χ2v) is 13.3. The Hall–Kier alpha value is -1.56. The van der Waals surface area contributed by atoms with Gasteiger partial charge < -0.3 is 0 Å². The summed E-state index contributed by atoms with van der Waals surface area (Å²) >= 11 is 5.41. The molecule has 3 heterocycles. The van der Waals surface area contributed by atoms with Gasteiger partial charge in [-0.25, -0.2) is 0 Å². The van der Waals surface area contributed by atoms with Crippen LogP contribution in [0.4, 0.5) is 0 Å². The van der Waals surface area contributed by atoms with Crippen LogP contribution in [0, 0.1) is 11.8 Å². The van der Waals surface area contributed by atoms with Gasteiger partial charge in [0.1, 0.15) is 11.0 Å². The Morgan fingerprint density at radius 3 is 2.19 bits per heavy atom. The molecule has 0 amide bonds. The standard InChI is InChI=1S/C31H40N2S3/c1-5-9-12-21(7-3)19-31(20-22(8-4)13-10-6-2)29-23(16-17-34-29)25-18-27(35-30(25)31)24-14-11-15-26-28(24)33-36-32-26/h11,14-18,21-22H,5-10,12-13,19-20H2,1-4H3. The van der Waals surface area contributed by atoms with Crippen LogP contribution in [-0.4, -0.2) is 8.75 Å². The first-order valence-electron chi connectivity index (χ1n) is 14.1. The molecule has 0 N–H and O–H groups in total. The zero-order chi connectivity index (χ0) is 25.1. The van der Waals surface area contributed by atoms with Crippen LogP contribution in [0.1, 0.15) is 102 Å². The van der Waals surface area contributed by atoms with E-state index in [0.717, 1.165) is 22.9 Å². The van der Waals surface area contributed by atoms with Crippen LogP contribution in [0.2, 0.25) is 0 Å². The maximum absolute atomic E-state index is 4.68. The predicted octanol–water partition coefficient (Wildman–Crippen LogP) is 11.0. The van der Waals surface area contributed by atoms with E-state index in [1.807, 2.05) is 11.3 Å². The van der Waals surface area contributed by atoms with Crippen molar-refractivity contribution in [2.75, 3.05) is 0 Å². The Labute approximate surface area is 229 Å². The van der Waals surface area contributed by atoms with Gasteiger partial charge in [-0.15, -0.1) is 22.7 Å². The number of fused-ring (bicyclic) bond motifs is 4. The molecule has 5 heteroatoms. The van der Waals surface area contributed by atoms with Crippen LogP contribution in [0.5, 0.6) is 0 Å². The highest BCUT2D eigenvalue weighted by molar-refractivity contribution is 7.17. The van der Waals surface area contributed by atoms with E-state index in [4.69, 9.17) is 0 Å². The molecule has 36 heavy (non-hydrogen) atoms. The molecule has 0 spiro atoms. The summed E-state index contributed by atoms with van der Waals surface area (Å²) in [7, 11) is 0. The molecule has 4 aromatic rings. The lowest BCUT2D eigenvalue weighted by Gasteiger charge is -2.37. The van der Waals surface area contributed by atoms with Crippen LogP contribution in [-0.2, 0) is 5.41 Å². The molecule has 1 aliphatic carbocycles. The lowest BCUT2D eigenvalue weighted by atomic mass is 9.70. The van der Waals surface area contributed by atoms with Gasteiger partial charge in [0.25, 0.3) is 0 Å². The second-order valence-electron chi connectivity index (χ2n) is 10.8. The van der Waals surface area contributed by atoms with E-state index in [1.54, 1.807) is 9.75 Å². The largest absolute Gasteiger partial charge is 0.173 e. The summed E-state index contributed by atoms with van der Waals surface area (Å²) in [6.45, 7) is 9.52. The average molecular weight is 537 g/mol. The van der Waals surface area contributed by atoms with E-state index in [1.165, 1.54) is 97.5 Å². The lowest BCUT2D eigenvalue weighted by molar-refractivity contribution is 0.272. The topological polar surface area (TPSA) is 25.8 Å². The van der Waals surface area contributed by atoms with Crippen molar-refractivity contribution >= 4 is 45.4 Å². The van der Waals surface area contributed by atoms with Crippen molar-refractivity contribution in [3.63, 3.8) is 0 Å². The summed E-state index contributed by atoms with van der Waals surface area (Å²) in [5, 5.41) is 2.35. The fourth-order valence-electron chi connectivity index (χ4n) is 6.41. The Morgan fingerprint density at radius 2 is 1.53 bits per heavy atom. The predicted molar refractivity (Wildman–Crippen MR) is 161 cm³/mol. The smallest absolute Gasteiger partial charge is 0.113 e. The Balaban J connectivity index is 1.63. The Kier molecular flexibility index (Phi) is 8.29.